The highest BCUT2D eigenvalue weighted by molar-refractivity contribution is 7.92. The van der Waals surface area contributed by atoms with Gasteiger partial charge in [0.1, 0.15) is 5.69 Å². The van der Waals surface area contributed by atoms with Crippen molar-refractivity contribution in [3.63, 3.8) is 0 Å². The first-order chi connectivity index (χ1) is 15.8. The Morgan fingerprint density at radius 1 is 0.818 bits per heavy atom. The summed E-state index contributed by atoms with van der Waals surface area (Å²) in [6.07, 6.45) is 1.47. The Hall–Kier alpha value is -3.06. The molecule has 0 bridgehead atoms. The van der Waals surface area contributed by atoms with E-state index in [-0.39, 0.29) is 21.8 Å². The molecule has 0 saturated carbocycles. The number of nitrogens with zero attached hydrogens (tertiary/aromatic N) is 2. The van der Waals surface area contributed by atoms with Crippen molar-refractivity contribution in [1.29, 1.82) is 0 Å². The maximum Gasteiger partial charge on any atom is 0.261 e. The number of sulfonamides is 1. The molecular formula is C26H37N3O3S. The average Bonchev–Trinajstić information content (AvgIpc) is 2.85. The van der Waals surface area contributed by atoms with Crippen LogP contribution >= 0.6 is 0 Å². The molecule has 1 heterocycles. The Balaban J connectivity index is 0.00000158. The summed E-state index contributed by atoms with van der Waals surface area (Å²) in [5.74, 6) is -0.396. The van der Waals surface area contributed by atoms with Crippen molar-refractivity contribution in [1.82, 2.24) is 10.2 Å². The van der Waals surface area contributed by atoms with E-state index in [9.17, 15) is 13.2 Å². The molecule has 1 aromatic heterocycles. The number of hydrogen-bond acceptors (Lipinski definition) is 5. The third-order valence-corrected chi connectivity index (χ3v) is 5.64. The van der Waals surface area contributed by atoms with Crippen LogP contribution in [0.1, 0.15) is 74.3 Å². The first kappa shape index (κ1) is 29.9. The van der Waals surface area contributed by atoms with Crippen molar-refractivity contribution >= 4 is 21.5 Å². The third-order valence-electron chi connectivity index (χ3n) is 4.26. The number of hydrogen-bond donors (Lipinski definition) is 1. The minimum atomic E-state index is -3.84. The minimum Gasteiger partial charge on any atom is -0.287 e. The van der Waals surface area contributed by atoms with Gasteiger partial charge in [0.25, 0.3) is 10.0 Å². The Morgan fingerprint density at radius 2 is 1.36 bits per heavy atom. The van der Waals surface area contributed by atoms with Crippen molar-refractivity contribution in [2.75, 3.05) is 4.72 Å². The van der Waals surface area contributed by atoms with Gasteiger partial charge < -0.3 is 0 Å². The number of benzene rings is 2. The molecule has 7 heteroatoms. The number of anilines is 1. The monoisotopic (exact) mass is 471 g/mol. The molecule has 2 aromatic carbocycles. The molecule has 0 aliphatic heterocycles. The number of rotatable bonds is 5. The summed E-state index contributed by atoms with van der Waals surface area (Å²) in [4.78, 5) is 13.0. The van der Waals surface area contributed by atoms with E-state index < -0.39 is 15.8 Å². The average molecular weight is 472 g/mol. The fourth-order valence-electron chi connectivity index (χ4n) is 2.57. The summed E-state index contributed by atoms with van der Waals surface area (Å²) >= 11 is 0. The quantitative estimate of drug-likeness (QED) is 0.428. The van der Waals surface area contributed by atoms with Gasteiger partial charge in [-0.15, -0.1) is 5.10 Å². The van der Waals surface area contributed by atoms with E-state index in [2.05, 4.69) is 14.9 Å². The van der Waals surface area contributed by atoms with E-state index in [0.29, 0.717) is 0 Å². The largest absolute Gasteiger partial charge is 0.287 e. The Labute approximate surface area is 199 Å². The lowest BCUT2D eigenvalue weighted by molar-refractivity contribution is 0.103. The van der Waals surface area contributed by atoms with Gasteiger partial charge in [0.2, 0.25) is 5.78 Å². The van der Waals surface area contributed by atoms with Crippen LogP contribution in [0.5, 0.6) is 0 Å². The molecule has 3 aromatic rings. The first-order valence-corrected chi connectivity index (χ1v) is 12.8. The lowest BCUT2D eigenvalue weighted by Crippen LogP contribution is -2.17. The molecule has 0 radical (unpaired) electrons. The Bertz CT molecular complexity index is 1100. The summed E-state index contributed by atoms with van der Waals surface area (Å²) < 4.78 is 28.1. The standard InChI is InChI=1S/C20H19N3O3S.3C2H6/c1-13-6-8-16(9-7-13)27(25,26)23-19-12-15(3)14(2)11-17(19)20(24)18-5-4-10-21-22-18;3*1-2/h4-12,23H,1-3H3;3*1-2H3. The van der Waals surface area contributed by atoms with E-state index in [1.807, 2.05) is 62.3 Å². The predicted octanol–water partition coefficient (Wildman–Crippen LogP) is 6.51. The van der Waals surface area contributed by atoms with Crippen molar-refractivity contribution < 1.29 is 13.2 Å². The second-order valence-electron chi connectivity index (χ2n) is 6.34. The van der Waals surface area contributed by atoms with Crippen molar-refractivity contribution in [2.24, 2.45) is 0 Å². The van der Waals surface area contributed by atoms with Crippen LogP contribution in [0.25, 0.3) is 0 Å². The smallest absolute Gasteiger partial charge is 0.261 e. The number of ketones is 1. The molecule has 0 aliphatic rings. The predicted molar refractivity (Wildman–Crippen MR) is 137 cm³/mol. The lowest BCUT2D eigenvalue weighted by Gasteiger charge is -2.14. The van der Waals surface area contributed by atoms with Gasteiger partial charge in [-0.3, -0.25) is 9.52 Å². The second kappa shape index (κ2) is 14.9. The van der Waals surface area contributed by atoms with Gasteiger partial charge in [-0.25, -0.2) is 8.42 Å². The summed E-state index contributed by atoms with van der Waals surface area (Å²) in [7, 11) is -3.84. The molecule has 0 fully saturated rings. The SMILES string of the molecule is CC.CC.CC.Cc1ccc(S(=O)(=O)Nc2cc(C)c(C)cc2C(=O)c2cccnn2)cc1. The van der Waals surface area contributed by atoms with E-state index in [1.165, 1.54) is 18.3 Å². The Kier molecular flexibility index (Phi) is 13.5. The zero-order valence-electron chi connectivity index (χ0n) is 21.2. The molecule has 6 nitrogen and oxygen atoms in total. The topological polar surface area (TPSA) is 89.0 Å². The number of nitrogens with one attached hydrogen (secondary N) is 1. The number of carbonyl (C=O) groups excluding carboxylic acids is 1. The molecule has 3 rings (SSSR count). The fourth-order valence-corrected chi connectivity index (χ4v) is 3.64. The highest BCUT2D eigenvalue weighted by atomic mass is 32.2. The highest BCUT2D eigenvalue weighted by Crippen LogP contribution is 2.26. The molecule has 33 heavy (non-hydrogen) atoms. The van der Waals surface area contributed by atoms with E-state index in [4.69, 9.17) is 0 Å². The molecular weight excluding hydrogens is 434 g/mol. The molecule has 0 saturated heterocycles. The van der Waals surface area contributed by atoms with Crippen LogP contribution in [0.15, 0.2) is 59.6 Å². The third kappa shape index (κ3) is 8.42. The first-order valence-electron chi connectivity index (χ1n) is 11.3. The molecule has 0 aliphatic carbocycles. The Morgan fingerprint density at radius 3 is 1.88 bits per heavy atom. The van der Waals surface area contributed by atoms with Gasteiger partial charge in [-0.05, 0) is 68.3 Å². The summed E-state index contributed by atoms with van der Waals surface area (Å²) in [6.45, 7) is 17.6. The zero-order valence-corrected chi connectivity index (χ0v) is 22.0. The second-order valence-corrected chi connectivity index (χ2v) is 8.02. The van der Waals surface area contributed by atoms with Crippen molar-refractivity contribution in [3.05, 3.63) is 82.7 Å². The zero-order chi connectivity index (χ0) is 25.6. The van der Waals surface area contributed by atoms with E-state index in [0.717, 1.165) is 16.7 Å². The molecule has 0 spiro atoms. The number of aryl methyl sites for hydroxylation is 3. The normalized spacial score (nSPS) is 9.73. The van der Waals surface area contributed by atoms with Crippen LogP contribution in [0.3, 0.4) is 0 Å². The van der Waals surface area contributed by atoms with Crippen LogP contribution in [-0.2, 0) is 10.0 Å². The van der Waals surface area contributed by atoms with Crippen molar-refractivity contribution in [2.45, 2.75) is 67.2 Å². The van der Waals surface area contributed by atoms with Crippen LogP contribution in [0.2, 0.25) is 0 Å². The van der Waals surface area contributed by atoms with E-state index >= 15 is 0 Å². The van der Waals surface area contributed by atoms with Gasteiger partial charge in [-0.1, -0.05) is 59.2 Å². The number of aromatic nitrogens is 2. The molecule has 180 valence electrons. The van der Waals surface area contributed by atoms with E-state index in [1.54, 1.807) is 36.4 Å². The van der Waals surface area contributed by atoms with Crippen LogP contribution in [0.4, 0.5) is 5.69 Å². The highest BCUT2D eigenvalue weighted by Gasteiger charge is 2.21. The van der Waals surface area contributed by atoms with Gasteiger partial charge >= 0.3 is 0 Å². The van der Waals surface area contributed by atoms with Crippen LogP contribution in [-0.4, -0.2) is 24.4 Å². The molecule has 0 amide bonds. The number of carbonyl (C=O) groups is 1. The van der Waals surface area contributed by atoms with Gasteiger partial charge in [0.05, 0.1) is 10.6 Å². The van der Waals surface area contributed by atoms with Gasteiger partial charge in [0.15, 0.2) is 0 Å². The maximum absolute atomic E-state index is 12.9. The van der Waals surface area contributed by atoms with Gasteiger partial charge in [-0.2, -0.15) is 5.10 Å². The molecule has 1 N–H and O–H groups in total. The molecule has 0 atom stereocenters. The molecule has 0 unspecified atom stereocenters. The lowest BCUT2D eigenvalue weighted by atomic mass is 10.00. The van der Waals surface area contributed by atoms with Gasteiger partial charge in [0, 0.05) is 11.8 Å². The maximum atomic E-state index is 12.9. The summed E-state index contributed by atoms with van der Waals surface area (Å²) in [5, 5.41) is 7.56. The summed E-state index contributed by atoms with van der Waals surface area (Å²) in [6, 6.07) is 13.0. The van der Waals surface area contributed by atoms with Crippen LogP contribution < -0.4 is 4.72 Å². The summed E-state index contributed by atoms with van der Waals surface area (Å²) in [5.41, 5.74) is 3.30. The fraction of sp³-hybridized carbons (Fsp3) is 0.346. The van der Waals surface area contributed by atoms with Crippen molar-refractivity contribution in [3.8, 4) is 0 Å². The minimum absolute atomic E-state index is 0.129. The van der Waals surface area contributed by atoms with Crippen LogP contribution in [0, 0.1) is 20.8 Å².